The number of hydrogen-bond donors (Lipinski definition) is 1. The maximum absolute atomic E-state index is 11.4. The zero-order valence-corrected chi connectivity index (χ0v) is 16.7. The molecule has 0 saturated carbocycles. The smallest absolute Gasteiger partial charge is 0.221 e. The Labute approximate surface area is 165 Å². The first-order valence-electron chi connectivity index (χ1n) is 9.42. The number of pyridine rings is 1. The van der Waals surface area contributed by atoms with Gasteiger partial charge in [-0.2, -0.15) is 0 Å². The highest BCUT2D eigenvalue weighted by atomic mass is 32.2. The van der Waals surface area contributed by atoms with Gasteiger partial charge in [0.15, 0.2) is 5.12 Å². The molecule has 1 unspecified atom stereocenters. The second-order valence-electron chi connectivity index (χ2n) is 6.76. The number of nitrogens with two attached hydrogens (primary N) is 1. The van der Waals surface area contributed by atoms with Crippen molar-refractivity contribution in [3.8, 4) is 5.88 Å². The average molecular weight is 392 g/mol. The lowest BCUT2D eigenvalue weighted by Gasteiger charge is -2.26. The maximum atomic E-state index is 11.4. The number of carbonyl (C=O) groups is 2. The molecule has 2 N–H and O–H groups in total. The number of likely N-dealkylation sites (tertiary alicyclic amines) is 1. The number of amides is 1. The fourth-order valence-electron chi connectivity index (χ4n) is 2.95. The summed E-state index contributed by atoms with van der Waals surface area (Å²) in [6.45, 7) is 5.11. The molecule has 1 aromatic rings. The van der Waals surface area contributed by atoms with Crippen LogP contribution in [0.4, 0.5) is 0 Å². The minimum Gasteiger partial charge on any atom is -0.473 e. The van der Waals surface area contributed by atoms with Gasteiger partial charge in [0.25, 0.3) is 0 Å². The number of primary amides is 1. The van der Waals surface area contributed by atoms with E-state index in [9.17, 15) is 9.59 Å². The Bertz CT molecular complexity index is 645. The Balaban J connectivity index is 1.75. The molecule has 0 radical (unpaired) electrons. The van der Waals surface area contributed by atoms with Crippen LogP contribution in [0.1, 0.15) is 38.2 Å². The van der Waals surface area contributed by atoms with Gasteiger partial charge in [0, 0.05) is 31.5 Å². The van der Waals surface area contributed by atoms with E-state index in [-0.39, 0.29) is 16.9 Å². The highest BCUT2D eigenvalue weighted by Gasteiger charge is 2.14. The van der Waals surface area contributed by atoms with E-state index in [1.54, 1.807) is 6.20 Å². The minimum atomic E-state index is -0.388. The molecule has 2 rings (SSSR count). The first-order chi connectivity index (χ1) is 13.0. The van der Waals surface area contributed by atoms with Crippen LogP contribution < -0.4 is 10.5 Å². The third-order valence-corrected chi connectivity index (χ3v) is 5.43. The Morgan fingerprint density at radius 2 is 2.11 bits per heavy atom. The first kappa shape index (κ1) is 21.4. The zero-order valence-electron chi connectivity index (χ0n) is 15.9. The van der Waals surface area contributed by atoms with Gasteiger partial charge in [-0.1, -0.05) is 30.3 Å². The van der Waals surface area contributed by atoms with Gasteiger partial charge >= 0.3 is 0 Å². The number of aromatic nitrogens is 1. The summed E-state index contributed by atoms with van der Waals surface area (Å²) in [5.41, 5.74) is 6.59. The Kier molecular flexibility index (Phi) is 9.35. The normalized spacial score (nSPS) is 16.3. The molecule has 1 saturated heterocycles. The fraction of sp³-hybridized carbons (Fsp3) is 0.550. The Hall–Kier alpha value is -1.86. The van der Waals surface area contributed by atoms with E-state index in [2.05, 4.69) is 9.88 Å². The predicted octanol–water partition coefficient (Wildman–Crippen LogP) is 2.77. The summed E-state index contributed by atoms with van der Waals surface area (Å²) in [6, 6.07) is 4.01. The molecule has 1 aliphatic rings. The zero-order chi connectivity index (χ0) is 19.5. The third-order valence-electron chi connectivity index (χ3n) is 4.46. The number of rotatable bonds is 10. The maximum Gasteiger partial charge on any atom is 0.221 e. The van der Waals surface area contributed by atoms with Crippen LogP contribution in [-0.2, 0) is 16.1 Å². The van der Waals surface area contributed by atoms with Crippen LogP contribution in [0.5, 0.6) is 5.88 Å². The van der Waals surface area contributed by atoms with Crippen molar-refractivity contribution in [3.63, 3.8) is 0 Å². The molecule has 0 aromatic carbocycles. The minimum absolute atomic E-state index is 0.0101. The van der Waals surface area contributed by atoms with Gasteiger partial charge < -0.3 is 10.5 Å². The topological polar surface area (TPSA) is 85.5 Å². The number of hydrogen-bond acceptors (Lipinski definition) is 6. The lowest BCUT2D eigenvalue weighted by molar-refractivity contribution is -0.121. The molecular weight excluding hydrogens is 362 g/mol. The van der Waals surface area contributed by atoms with Crippen molar-refractivity contribution in [1.29, 1.82) is 0 Å². The van der Waals surface area contributed by atoms with Crippen LogP contribution in [-0.4, -0.2) is 46.4 Å². The third kappa shape index (κ3) is 8.58. The molecule has 1 aliphatic heterocycles. The van der Waals surface area contributed by atoms with Gasteiger partial charge in [-0.05, 0) is 44.0 Å². The molecular formula is C20H29N3O3S. The van der Waals surface area contributed by atoms with Crippen molar-refractivity contribution >= 4 is 22.8 Å². The summed E-state index contributed by atoms with van der Waals surface area (Å²) in [5, 5.41) is -0.0101. The Morgan fingerprint density at radius 1 is 1.33 bits per heavy atom. The molecule has 0 aliphatic carbocycles. The van der Waals surface area contributed by atoms with Crippen molar-refractivity contribution in [1.82, 2.24) is 9.88 Å². The quantitative estimate of drug-likeness (QED) is 0.617. The molecule has 1 amide bonds. The van der Waals surface area contributed by atoms with Gasteiger partial charge in [-0.25, -0.2) is 4.98 Å². The van der Waals surface area contributed by atoms with Crippen LogP contribution in [0.25, 0.3) is 0 Å². The van der Waals surface area contributed by atoms with Gasteiger partial charge in [0.1, 0.15) is 6.61 Å². The summed E-state index contributed by atoms with van der Waals surface area (Å²) in [4.78, 5) is 29.2. The monoisotopic (exact) mass is 391 g/mol. The van der Waals surface area contributed by atoms with E-state index in [0.717, 1.165) is 31.4 Å². The second kappa shape index (κ2) is 11.8. The number of thioether (sulfide) groups is 1. The molecule has 1 fully saturated rings. The van der Waals surface area contributed by atoms with Crippen molar-refractivity contribution < 1.29 is 14.3 Å². The van der Waals surface area contributed by atoms with E-state index >= 15 is 0 Å². The van der Waals surface area contributed by atoms with E-state index in [4.69, 9.17) is 10.5 Å². The molecule has 27 heavy (non-hydrogen) atoms. The molecule has 0 spiro atoms. The number of nitrogens with zero attached hydrogens (tertiary/aromatic N) is 2. The fourth-order valence-corrected chi connectivity index (χ4v) is 3.69. The highest BCUT2D eigenvalue weighted by molar-refractivity contribution is 8.13. The number of ether oxygens (including phenoxy) is 1. The van der Waals surface area contributed by atoms with Crippen LogP contribution in [0.3, 0.4) is 0 Å². The van der Waals surface area contributed by atoms with E-state index in [1.165, 1.54) is 31.7 Å². The number of allylic oxidation sites excluding steroid dienone is 1. The molecule has 7 heteroatoms. The summed E-state index contributed by atoms with van der Waals surface area (Å²) < 4.78 is 5.68. The van der Waals surface area contributed by atoms with E-state index in [0.29, 0.717) is 24.7 Å². The van der Waals surface area contributed by atoms with Crippen LogP contribution in [0, 0.1) is 5.92 Å². The predicted molar refractivity (Wildman–Crippen MR) is 108 cm³/mol. The summed E-state index contributed by atoms with van der Waals surface area (Å²) in [5.74, 6) is 0.283. The average Bonchev–Trinajstić information content (AvgIpc) is 2.64. The van der Waals surface area contributed by atoms with Gasteiger partial charge in [-0.3, -0.25) is 14.5 Å². The van der Waals surface area contributed by atoms with Gasteiger partial charge in [0.05, 0.1) is 5.92 Å². The summed E-state index contributed by atoms with van der Waals surface area (Å²) >= 11 is 1.13. The van der Waals surface area contributed by atoms with E-state index in [1.807, 2.05) is 24.3 Å². The highest BCUT2D eigenvalue weighted by Crippen LogP contribution is 2.16. The molecule has 6 nitrogen and oxygen atoms in total. The molecule has 2 heterocycles. The standard InChI is InChI=1S/C20H29N3O3S/c1-16(24)27-15-18(20(21)25)7-3-6-12-26-19-13-17(8-9-22-19)14-23-10-4-2-5-11-23/h3,6,8-9,13,18H,2,4-5,7,10-12,14-15H2,1H3,(H2,21,25). The number of carbonyl (C=O) groups excluding carboxylic acids is 2. The number of piperidine rings is 1. The van der Waals surface area contributed by atoms with Crippen LogP contribution >= 0.6 is 11.8 Å². The SMILES string of the molecule is CC(=O)SCC(CC=CCOc1cc(CN2CCCCC2)ccn1)C(N)=O. The molecule has 0 bridgehead atoms. The van der Waals surface area contributed by atoms with Crippen LogP contribution in [0.15, 0.2) is 30.5 Å². The van der Waals surface area contributed by atoms with Gasteiger partial charge in [-0.15, -0.1) is 0 Å². The lowest BCUT2D eigenvalue weighted by atomic mass is 10.1. The van der Waals surface area contributed by atoms with Crippen molar-refractivity contribution in [2.45, 2.75) is 39.2 Å². The first-order valence-corrected chi connectivity index (χ1v) is 10.4. The van der Waals surface area contributed by atoms with Gasteiger partial charge in [0.2, 0.25) is 11.8 Å². The largest absolute Gasteiger partial charge is 0.473 e. The van der Waals surface area contributed by atoms with Crippen LogP contribution in [0.2, 0.25) is 0 Å². The van der Waals surface area contributed by atoms with Crippen molar-refractivity contribution in [2.24, 2.45) is 11.7 Å². The summed E-state index contributed by atoms with van der Waals surface area (Å²) in [7, 11) is 0. The summed E-state index contributed by atoms with van der Waals surface area (Å²) in [6.07, 6.45) is 9.88. The second-order valence-corrected chi connectivity index (χ2v) is 7.96. The van der Waals surface area contributed by atoms with E-state index < -0.39 is 0 Å². The van der Waals surface area contributed by atoms with Crippen molar-refractivity contribution in [2.75, 3.05) is 25.4 Å². The lowest BCUT2D eigenvalue weighted by Crippen LogP contribution is -2.29. The molecule has 1 aromatic heterocycles. The Morgan fingerprint density at radius 3 is 2.81 bits per heavy atom. The molecule has 1 atom stereocenters. The van der Waals surface area contributed by atoms with Crippen molar-refractivity contribution in [3.05, 3.63) is 36.0 Å². The molecule has 148 valence electrons.